The van der Waals surface area contributed by atoms with Crippen LogP contribution in [0.25, 0.3) is 0 Å². The van der Waals surface area contributed by atoms with Gasteiger partial charge in [0.05, 0.1) is 20.6 Å². The summed E-state index contributed by atoms with van der Waals surface area (Å²) in [4.78, 5) is 25.7. The van der Waals surface area contributed by atoms with Gasteiger partial charge < -0.3 is 19.7 Å². The number of benzene rings is 2. The second kappa shape index (κ2) is 10.2. The predicted octanol–water partition coefficient (Wildman–Crippen LogP) is 2.41. The molecule has 0 unspecified atom stereocenters. The first-order valence-corrected chi connectivity index (χ1v) is 8.80. The number of nitrogens with zero attached hydrogens (tertiary/aromatic N) is 1. The van der Waals surface area contributed by atoms with E-state index in [2.05, 4.69) is 5.32 Å². The number of amides is 2. The zero-order valence-corrected chi connectivity index (χ0v) is 16.0. The number of hydrogen-bond acceptors (Lipinski definition) is 4. The molecule has 6 heteroatoms. The molecule has 0 aliphatic rings. The summed E-state index contributed by atoms with van der Waals surface area (Å²) in [6.07, 6.45) is 0.235. The Labute approximate surface area is 160 Å². The molecule has 0 fully saturated rings. The Hall–Kier alpha value is -3.02. The fourth-order valence-corrected chi connectivity index (χ4v) is 2.72. The summed E-state index contributed by atoms with van der Waals surface area (Å²) >= 11 is 0. The Balaban J connectivity index is 1.84. The van der Waals surface area contributed by atoms with Crippen molar-refractivity contribution in [3.05, 3.63) is 59.7 Å². The molecule has 0 aromatic heterocycles. The molecule has 0 saturated heterocycles. The maximum atomic E-state index is 12.2. The first-order valence-electron chi connectivity index (χ1n) is 8.80. The standard InChI is InChI=1S/C21H26N2O4/c1-16(24)23(15-17-7-5-4-6-8-17)12-11-22-21(25)14-18-9-10-19(26-2)20(13-18)27-3/h4-10,13H,11-12,14-15H2,1-3H3,(H,22,25). The van der Waals surface area contributed by atoms with Crippen LogP contribution in [0.3, 0.4) is 0 Å². The van der Waals surface area contributed by atoms with E-state index in [1.165, 1.54) is 6.92 Å². The summed E-state index contributed by atoms with van der Waals surface area (Å²) in [6, 6.07) is 15.2. The number of hydrogen-bond donors (Lipinski definition) is 1. The lowest BCUT2D eigenvalue weighted by atomic mass is 10.1. The molecule has 2 aromatic rings. The molecule has 0 aliphatic carbocycles. The number of carbonyl (C=O) groups excluding carboxylic acids is 2. The highest BCUT2D eigenvalue weighted by molar-refractivity contribution is 5.79. The number of rotatable bonds is 9. The Morgan fingerprint density at radius 1 is 0.963 bits per heavy atom. The predicted molar refractivity (Wildman–Crippen MR) is 104 cm³/mol. The highest BCUT2D eigenvalue weighted by Gasteiger charge is 2.11. The van der Waals surface area contributed by atoms with Gasteiger partial charge in [0.15, 0.2) is 11.5 Å². The van der Waals surface area contributed by atoms with E-state index in [1.807, 2.05) is 36.4 Å². The lowest BCUT2D eigenvalue weighted by Gasteiger charge is -2.21. The van der Waals surface area contributed by atoms with Crippen molar-refractivity contribution in [2.75, 3.05) is 27.3 Å². The average molecular weight is 370 g/mol. The zero-order valence-electron chi connectivity index (χ0n) is 16.0. The minimum atomic E-state index is -0.106. The van der Waals surface area contributed by atoms with Crippen LogP contribution in [0.1, 0.15) is 18.1 Å². The van der Waals surface area contributed by atoms with E-state index in [0.29, 0.717) is 31.1 Å². The van der Waals surface area contributed by atoms with Gasteiger partial charge in [-0.15, -0.1) is 0 Å². The monoisotopic (exact) mass is 370 g/mol. The lowest BCUT2D eigenvalue weighted by molar-refractivity contribution is -0.130. The van der Waals surface area contributed by atoms with Crippen LogP contribution in [-0.2, 0) is 22.6 Å². The van der Waals surface area contributed by atoms with Crippen LogP contribution in [0.15, 0.2) is 48.5 Å². The summed E-state index contributed by atoms with van der Waals surface area (Å²) in [5.74, 6) is 1.09. The van der Waals surface area contributed by atoms with Crippen molar-refractivity contribution in [1.29, 1.82) is 0 Å². The van der Waals surface area contributed by atoms with Crippen molar-refractivity contribution in [3.63, 3.8) is 0 Å². The van der Waals surface area contributed by atoms with E-state index in [0.717, 1.165) is 11.1 Å². The zero-order chi connectivity index (χ0) is 19.6. The molecule has 0 saturated carbocycles. The second-order valence-electron chi connectivity index (χ2n) is 6.14. The van der Waals surface area contributed by atoms with Gasteiger partial charge in [-0.25, -0.2) is 0 Å². The molecule has 0 bridgehead atoms. The molecule has 2 amide bonds. The molecule has 2 rings (SSSR count). The van der Waals surface area contributed by atoms with Crippen LogP contribution < -0.4 is 14.8 Å². The highest BCUT2D eigenvalue weighted by atomic mass is 16.5. The van der Waals surface area contributed by atoms with Gasteiger partial charge in [0, 0.05) is 26.6 Å². The van der Waals surface area contributed by atoms with Gasteiger partial charge >= 0.3 is 0 Å². The molecule has 1 N–H and O–H groups in total. The topological polar surface area (TPSA) is 67.9 Å². The number of methoxy groups -OCH3 is 2. The van der Waals surface area contributed by atoms with Gasteiger partial charge in [0.2, 0.25) is 11.8 Å². The number of ether oxygens (including phenoxy) is 2. The molecule has 144 valence electrons. The summed E-state index contributed by atoms with van der Waals surface area (Å²) < 4.78 is 10.4. The van der Waals surface area contributed by atoms with E-state index in [9.17, 15) is 9.59 Å². The van der Waals surface area contributed by atoms with E-state index < -0.39 is 0 Å². The normalized spacial score (nSPS) is 10.2. The maximum absolute atomic E-state index is 12.2. The van der Waals surface area contributed by atoms with Crippen LogP contribution in [0, 0.1) is 0 Å². The van der Waals surface area contributed by atoms with Gasteiger partial charge in [-0.05, 0) is 23.3 Å². The Bertz CT molecular complexity index is 762. The fraction of sp³-hybridized carbons (Fsp3) is 0.333. The van der Waals surface area contributed by atoms with Crippen LogP contribution >= 0.6 is 0 Å². The van der Waals surface area contributed by atoms with Crippen molar-refractivity contribution in [1.82, 2.24) is 10.2 Å². The van der Waals surface area contributed by atoms with Crippen molar-refractivity contribution < 1.29 is 19.1 Å². The van der Waals surface area contributed by atoms with Gasteiger partial charge in [-0.2, -0.15) is 0 Å². The first-order chi connectivity index (χ1) is 13.0. The largest absolute Gasteiger partial charge is 0.493 e. The third-order valence-corrected chi connectivity index (χ3v) is 4.18. The van der Waals surface area contributed by atoms with Gasteiger partial charge in [0.25, 0.3) is 0 Å². The summed E-state index contributed by atoms with van der Waals surface area (Å²) in [5.41, 5.74) is 1.89. The highest BCUT2D eigenvalue weighted by Crippen LogP contribution is 2.27. The van der Waals surface area contributed by atoms with Crippen LogP contribution in [0.2, 0.25) is 0 Å². The fourth-order valence-electron chi connectivity index (χ4n) is 2.72. The second-order valence-corrected chi connectivity index (χ2v) is 6.14. The number of nitrogens with one attached hydrogen (secondary N) is 1. The molecule has 0 spiro atoms. The summed E-state index contributed by atoms with van der Waals surface area (Å²) in [5, 5.41) is 2.86. The minimum Gasteiger partial charge on any atom is -0.493 e. The molecule has 0 atom stereocenters. The lowest BCUT2D eigenvalue weighted by Crippen LogP contribution is -2.37. The van der Waals surface area contributed by atoms with Gasteiger partial charge in [0.1, 0.15) is 0 Å². The molecule has 0 aliphatic heterocycles. The molecule has 0 radical (unpaired) electrons. The molecule has 0 heterocycles. The Morgan fingerprint density at radius 2 is 1.67 bits per heavy atom. The van der Waals surface area contributed by atoms with Crippen molar-refractivity contribution in [2.24, 2.45) is 0 Å². The Kier molecular flexibility index (Phi) is 7.67. The minimum absolute atomic E-state index is 0.0204. The van der Waals surface area contributed by atoms with Crippen LogP contribution in [0.4, 0.5) is 0 Å². The summed E-state index contributed by atoms with van der Waals surface area (Å²) in [6.45, 7) is 2.93. The Morgan fingerprint density at radius 3 is 2.30 bits per heavy atom. The summed E-state index contributed by atoms with van der Waals surface area (Å²) in [7, 11) is 3.13. The maximum Gasteiger partial charge on any atom is 0.224 e. The SMILES string of the molecule is COc1ccc(CC(=O)NCCN(Cc2ccccc2)C(C)=O)cc1OC. The third kappa shape index (κ3) is 6.33. The molecule has 27 heavy (non-hydrogen) atoms. The van der Waals surface area contributed by atoms with Crippen LogP contribution in [0.5, 0.6) is 11.5 Å². The quantitative estimate of drug-likeness (QED) is 0.736. The van der Waals surface area contributed by atoms with Crippen molar-refractivity contribution in [3.8, 4) is 11.5 Å². The van der Waals surface area contributed by atoms with Gasteiger partial charge in [-0.3, -0.25) is 9.59 Å². The smallest absolute Gasteiger partial charge is 0.224 e. The molecule has 2 aromatic carbocycles. The average Bonchev–Trinajstić information content (AvgIpc) is 2.67. The first kappa shape index (κ1) is 20.3. The van der Waals surface area contributed by atoms with E-state index in [-0.39, 0.29) is 18.2 Å². The van der Waals surface area contributed by atoms with Crippen LogP contribution in [-0.4, -0.2) is 44.0 Å². The number of carbonyl (C=O) groups is 2. The van der Waals surface area contributed by atoms with E-state index >= 15 is 0 Å². The van der Waals surface area contributed by atoms with E-state index in [4.69, 9.17) is 9.47 Å². The van der Waals surface area contributed by atoms with Gasteiger partial charge in [-0.1, -0.05) is 36.4 Å². The van der Waals surface area contributed by atoms with Crippen molar-refractivity contribution in [2.45, 2.75) is 19.9 Å². The molecule has 6 nitrogen and oxygen atoms in total. The molecular weight excluding hydrogens is 344 g/mol. The van der Waals surface area contributed by atoms with E-state index in [1.54, 1.807) is 31.3 Å². The molecular formula is C21H26N2O4. The van der Waals surface area contributed by atoms with Crippen molar-refractivity contribution >= 4 is 11.8 Å². The third-order valence-electron chi connectivity index (χ3n) is 4.18.